The zero-order valence-corrected chi connectivity index (χ0v) is 23.6. The third-order valence-corrected chi connectivity index (χ3v) is 7.20. The highest BCUT2D eigenvalue weighted by Crippen LogP contribution is 2.19. The largest absolute Gasteiger partial charge is 0.550 e. The van der Waals surface area contributed by atoms with Gasteiger partial charge < -0.3 is 24.6 Å². The van der Waals surface area contributed by atoms with Crippen LogP contribution in [0.15, 0.2) is 12.2 Å². The number of hydrogen-bond acceptors (Lipinski definition) is 4. The van der Waals surface area contributed by atoms with E-state index in [4.69, 9.17) is 10.2 Å². The van der Waals surface area contributed by atoms with E-state index >= 15 is 0 Å². The van der Waals surface area contributed by atoms with Gasteiger partial charge in [-0.1, -0.05) is 64.0 Å². The fourth-order valence-electron chi connectivity index (χ4n) is 5.01. The molecule has 0 aromatic carbocycles. The van der Waals surface area contributed by atoms with E-state index in [0.29, 0.717) is 19.3 Å². The maximum absolute atomic E-state index is 11.0. The molecule has 0 heterocycles. The van der Waals surface area contributed by atoms with Crippen LogP contribution in [-0.4, -0.2) is 58.8 Å². The summed E-state index contributed by atoms with van der Waals surface area (Å²) in [5.41, 5.74) is 0. The van der Waals surface area contributed by atoms with Crippen LogP contribution in [0, 0.1) is 0 Å². The average Bonchev–Trinajstić information content (AvgIpc) is 2.84. The van der Waals surface area contributed by atoms with Gasteiger partial charge in [0, 0.05) is 25.2 Å². The van der Waals surface area contributed by atoms with Gasteiger partial charge in [0.1, 0.15) is 0 Å². The van der Waals surface area contributed by atoms with Crippen molar-refractivity contribution in [2.24, 2.45) is 0 Å². The molecule has 0 spiro atoms. The van der Waals surface area contributed by atoms with Crippen LogP contribution in [0.25, 0.3) is 0 Å². The van der Waals surface area contributed by atoms with Crippen LogP contribution in [0.5, 0.6) is 0 Å². The summed E-state index contributed by atoms with van der Waals surface area (Å²) >= 11 is 0. The minimum absolute atomic E-state index is 0.0551. The van der Waals surface area contributed by atoms with Crippen molar-refractivity contribution >= 4 is 17.9 Å². The van der Waals surface area contributed by atoms with E-state index in [-0.39, 0.29) is 19.3 Å². The van der Waals surface area contributed by atoms with Gasteiger partial charge in [0.15, 0.2) is 0 Å². The topological polar surface area (TPSA) is 115 Å². The van der Waals surface area contributed by atoms with E-state index in [9.17, 15) is 19.5 Å². The Morgan fingerprint density at radius 3 is 1.43 bits per heavy atom. The third-order valence-electron chi connectivity index (χ3n) is 7.20. The van der Waals surface area contributed by atoms with E-state index in [1.54, 1.807) is 0 Å². The second-order valence-electron chi connectivity index (χ2n) is 10.6. The van der Waals surface area contributed by atoms with Crippen LogP contribution >= 0.6 is 0 Å². The Labute approximate surface area is 225 Å². The first-order chi connectivity index (χ1) is 17.8. The molecule has 0 aliphatic heterocycles. The zero-order valence-electron chi connectivity index (χ0n) is 23.6. The quantitative estimate of drug-likeness (QED) is 0.0724. The summed E-state index contributed by atoms with van der Waals surface area (Å²) in [4.78, 5) is 32.8. The number of carbonyl (C=O) groups is 3. The van der Waals surface area contributed by atoms with Crippen molar-refractivity contribution in [2.75, 3.05) is 26.2 Å². The molecule has 0 atom stereocenters. The molecule has 0 fully saturated rings. The third kappa shape index (κ3) is 24.2. The number of aliphatic carboxylic acids is 3. The summed E-state index contributed by atoms with van der Waals surface area (Å²) < 4.78 is 0.818. The lowest BCUT2D eigenvalue weighted by Crippen LogP contribution is -2.51. The number of allylic oxidation sites excluding steroid dienone is 2. The predicted octanol–water partition coefficient (Wildman–Crippen LogP) is 6.10. The standard InChI is InChI=1S/C30H55NO6/c1-2-3-4-5-6-7-8-9-10-11-12-13-17-24-31(25-18-14-21-28(32)33,26-19-15-22-29(34)35)27-20-16-23-30(36)37/h11-12H,2-10,13-27H2,1H3,(H2-,32,33,34,35,36,37)/b12-11+. The first-order valence-electron chi connectivity index (χ1n) is 14.9. The lowest BCUT2D eigenvalue weighted by molar-refractivity contribution is -0.929. The van der Waals surface area contributed by atoms with Crippen LogP contribution in [-0.2, 0) is 14.4 Å². The maximum Gasteiger partial charge on any atom is 0.303 e. The monoisotopic (exact) mass is 525 g/mol. The molecule has 0 radical (unpaired) electrons. The second-order valence-corrected chi connectivity index (χ2v) is 10.6. The highest BCUT2D eigenvalue weighted by Gasteiger charge is 2.26. The summed E-state index contributed by atoms with van der Waals surface area (Å²) in [5, 5.41) is 28.8. The molecule has 0 aliphatic carbocycles. The molecule has 2 N–H and O–H groups in total. The van der Waals surface area contributed by atoms with Crippen molar-refractivity contribution in [3.8, 4) is 0 Å². The number of quaternary nitrogens is 1. The van der Waals surface area contributed by atoms with Crippen LogP contribution < -0.4 is 5.11 Å². The van der Waals surface area contributed by atoms with Gasteiger partial charge in [0.2, 0.25) is 0 Å². The summed E-state index contributed by atoms with van der Waals surface area (Å²) in [5.74, 6) is -2.59. The van der Waals surface area contributed by atoms with E-state index in [1.165, 1.54) is 51.4 Å². The summed E-state index contributed by atoms with van der Waals surface area (Å²) in [6, 6.07) is 0. The number of unbranched alkanes of at least 4 members (excludes halogenated alkanes) is 12. The molecule has 0 amide bonds. The van der Waals surface area contributed by atoms with Gasteiger partial charge in [-0.3, -0.25) is 9.59 Å². The molecular weight excluding hydrogens is 470 g/mol. The number of hydrogen-bond donors (Lipinski definition) is 2. The Hall–Kier alpha value is -1.89. The molecular formula is C30H55NO6. The van der Waals surface area contributed by atoms with Crippen molar-refractivity contribution in [3.05, 3.63) is 12.2 Å². The van der Waals surface area contributed by atoms with E-state index in [2.05, 4.69) is 19.1 Å². The molecule has 0 saturated heterocycles. The molecule has 216 valence electrons. The molecule has 37 heavy (non-hydrogen) atoms. The SMILES string of the molecule is CCCCCCCCCC/C=C/CCC[N+](CCCCC(=O)[O-])(CCCCC(=O)O)CCCCC(=O)O. The number of carboxylic acids is 3. The Morgan fingerprint density at radius 2 is 0.973 bits per heavy atom. The molecule has 0 unspecified atom stereocenters. The molecule has 0 rings (SSSR count). The van der Waals surface area contributed by atoms with Gasteiger partial charge in [-0.05, 0) is 64.2 Å². The molecule has 7 heteroatoms. The van der Waals surface area contributed by atoms with E-state index in [0.717, 1.165) is 69.2 Å². The zero-order chi connectivity index (χ0) is 27.6. The number of rotatable bonds is 28. The van der Waals surface area contributed by atoms with Crippen LogP contribution in [0.3, 0.4) is 0 Å². The van der Waals surface area contributed by atoms with Gasteiger partial charge in [-0.2, -0.15) is 0 Å². The van der Waals surface area contributed by atoms with Crippen LogP contribution in [0.2, 0.25) is 0 Å². The molecule has 7 nitrogen and oxygen atoms in total. The smallest absolute Gasteiger partial charge is 0.303 e. The normalized spacial score (nSPS) is 11.8. The molecule has 0 saturated carbocycles. The summed E-state index contributed by atoms with van der Waals surface area (Å²) in [6.45, 7) is 5.75. The maximum atomic E-state index is 11.0. The van der Waals surface area contributed by atoms with Crippen molar-refractivity contribution < 1.29 is 34.2 Å². The molecule has 0 aromatic heterocycles. The number of carbonyl (C=O) groups excluding carboxylic acids is 1. The van der Waals surface area contributed by atoms with Gasteiger partial charge in [0.25, 0.3) is 0 Å². The van der Waals surface area contributed by atoms with Crippen LogP contribution in [0.1, 0.15) is 135 Å². The van der Waals surface area contributed by atoms with Gasteiger partial charge in [-0.15, -0.1) is 0 Å². The lowest BCUT2D eigenvalue weighted by Gasteiger charge is -2.39. The predicted molar refractivity (Wildman–Crippen MR) is 147 cm³/mol. The summed E-state index contributed by atoms with van der Waals surface area (Å²) in [7, 11) is 0. The van der Waals surface area contributed by atoms with Gasteiger partial charge in [-0.25, -0.2) is 0 Å². The lowest BCUT2D eigenvalue weighted by atomic mass is 10.1. The Morgan fingerprint density at radius 1 is 0.568 bits per heavy atom. The minimum Gasteiger partial charge on any atom is -0.550 e. The van der Waals surface area contributed by atoms with E-state index in [1.807, 2.05) is 0 Å². The van der Waals surface area contributed by atoms with Crippen LogP contribution in [0.4, 0.5) is 0 Å². The number of nitrogens with zero attached hydrogens (tertiary/aromatic N) is 1. The van der Waals surface area contributed by atoms with Crippen molar-refractivity contribution in [3.63, 3.8) is 0 Å². The van der Waals surface area contributed by atoms with E-state index < -0.39 is 17.9 Å². The number of carboxylic acid groups (broad SMARTS) is 3. The first-order valence-corrected chi connectivity index (χ1v) is 14.9. The Kier molecular flexibility index (Phi) is 23.2. The molecule has 0 aliphatic rings. The highest BCUT2D eigenvalue weighted by atomic mass is 16.4. The second kappa shape index (κ2) is 24.4. The van der Waals surface area contributed by atoms with Crippen molar-refractivity contribution in [1.82, 2.24) is 0 Å². The highest BCUT2D eigenvalue weighted by molar-refractivity contribution is 5.66. The molecule has 0 aromatic rings. The Balaban J connectivity index is 4.67. The first kappa shape index (κ1) is 35.1. The fourth-order valence-corrected chi connectivity index (χ4v) is 5.01. The van der Waals surface area contributed by atoms with Crippen molar-refractivity contribution in [1.29, 1.82) is 0 Å². The Bertz CT molecular complexity index is 564. The van der Waals surface area contributed by atoms with Gasteiger partial charge >= 0.3 is 11.9 Å². The van der Waals surface area contributed by atoms with Crippen molar-refractivity contribution in [2.45, 2.75) is 135 Å². The average molecular weight is 526 g/mol. The minimum atomic E-state index is -1.03. The van der Waals surface area contributed by atoms with Gasteiger partial charge in [0.05, 0.1) is 26.2 Å². The molecule has 0 bridgehead atoms. The fraction of sp³-hybridized carbons (Fsp3) is 0.833. The summed E-state index contributed by atoms with van der Waals surface area (Å²) in [6.07, 6.45) is 22.9.